The molecule has 0 atom stereocenters. The molecule has 162 valence electrons. The smallest absolute Gasteiger partial charge is 0.408 e. The number of methoxy groups -OCH3 is 1. The minimum absolute atomic E-state index is 0.0539. The van der Waals surface area contributed by atoms with Crippen LogP contribution in [0.25, 0.3) is 10.9 Å². The number of ether oxygens (including phenoxy) is 1. The molecule has 1 heterocycles. The van der Waals surface area contributed by atoms with Gasteiger partial charge in [0, 0.05) is 4.47 Å². The number of hydrogen-bond acceptors (Lipinski definition) is 4. The summed E-state index contributed by atoms with van der Waals surface area (Å²) in [6.45, 7) is -1.55. The second kappa shape index (κ2) is 8.27. The molecule has 12 heteroatoms. The molecule has 30 heavy (non-hydrogen) atoms. The van der Waals surface area contributed by atoms with Gasteiger partial charge in [-0.2, -0.15) is 18.3 Å². The summed E-state index contributed by atoms with van der Waals surface area (Å²) in [5.41, 5.74) is 0.643. The van der Waals surface area contributed by atoms with Crippen molar-refractivity contribution < 1.29 is 26.3 Å². The highest BCUT2D eigenvalue weighted by Crippen LogP contribution is 2.39. The lowest BCUT2D eigenvalue weighted by Crippen LogP contribution is -2.30. The molecule has 0 aliphatic rings. The number of halogens is 5. The Labute approximate surface area is 184 Å². The predicted octanol–water partition coefficient (Wildman–Crippen LogP) is 4.99. The second-order valence-electron chi connectivity index (χ2n) is 6.47. The van der Waals surface area contributed by atoms with Crippen LogP contribution in [0.5, 0.6) is 5.75 Å². The van der Waals surface area contributed by atoms with E-state index in [-0.39, 0.29) is 28.3 Å². The largest absolute Gasteiger partial charge is 0.497 e. The number of sulfonamides is 1. The molecule has 0 N–H and O–H groups in total. The van der Waals surface area contributed by atoms with E-state index in [9.17, 15) is 21.6 Å². The fourth-order valence-electron chi connectivity index (χ4n) is 2.93. The lowest BCUT2D eigenvalue weighted by atomic mass is 10.2. The maximum atomic E-state index is 13.1. The minimum atomic E-state index is -4.57. The van der Waals surface area contributed by atoms with E-state index in [4.69, 9.17) is 16.3 Å². The van der Waals surface area contributed by atoms with Gasteiger partial charge in [0.25, 0.3) is 0 Å². The van der Waals surface area contributed by atoms with Gasteiger partial charge in [-0.25, -0.2) is 12.7 Å². The lowest BCUT2D eigenvalue weighted by molar-refractivity contribution is -0.141. The summed E-state index contributed by atoms with van der Waals surface area (Å²) in [7, 11) is -2.42. The van der Waals surface area contributed by atoms with Crippen LogP contribution in [0.2, 0.25) is 5.02 Å². The predicted molar refractivity (Wildman–Crippen MR) is 113 cm³/mol. The molecule has 0 aliphatic heterocycles. The Kier molecular flexibility index (Phi) is 6.26. The molecular formula is C18H16BrClF3N3O3S. The van der Waals surface area contributed by atoms with Crippen LogP contribution in [0.15, 0.2) is 40.9 Å². The SMILES string of the molecule is COc1ccc(CN(c2nn(CC(F)(F)F)c3c(Br)ccc(Cl)c23)S(C)(=O)=O)cc1. The lowest BCUT2D eigenvalue weighted by Gasteiger charge is -2.21. The van der Waals surface area contributed by atoms with E-state index in [1.54, 1.807) is 24.3 Å². The highest BCUT2D eigenvalue weighted by molar-refractivity contribution is 9.10. The van der Waals surface area contributed by atoms with E-state index in [0.29, 0.717) is 20.5 Å². The topological polar surface area (TPSA) is 64.4 Å². The van der Waals surface area contributed by atoms with Crippen LogP contribution >= 0.6 is 27.5 Å². The zero-order valence-corrected chi connectivity index (χ0v) is 18.9. The minimum Gasteiger partial charge on any atom is -0.497 e. The molecule has 0 saturated carbocycles. The van der Waals surface area contributed by atoms with Crippen molar-refractivity contribution in [2.24, 2.45) is 0 Å². The highest BCUT2D eigenvalue weighted by atomic mass is 79.9. The zero-order chi connectivity index (χ0) is 22.3. The summed E-state index contributed by atoms with van der Waals surface area (Å²) in [6, 6.07) is 9.56. The van der Waals surface area contributed by atoms with Crippen LogP contribution < -0.4 is 9.04 Å². The highest BCUT2D eigenvalue weighted by Gasteiger charge is 2.33. The third-order valence-corrected chi connectivity index (χ3v) is 6.28. The summed E-state index contributed by atoms with van der Waals surface area (Å²) < 4.78 is 71.5. The van der Waals surface area contributed by atoms with E-state index in [2.05, 4.69) is 21.0 Å². The number of fused-ring (bicyclic) bond motifs is 1. The van der Waals surface area contributed by atoms with Gasteiger partial charge in [-0.1, -0.05) is 23.7 Å². The van der Waals surface area contributed by atoms with Gasteiger partial charge >= 0.3 is 6.18 Å². The summed E-state index contributed by atoms with van der Waals surface area (Å²) in [5.74, 6) is 0.399. The Morgan fingerprint density at radius 1 is 1.20 bits per heavy atom. The fraction of sp³-hybridized carbons (Fsp3) is 0.278. The summed E-state index contributed by atoms with van der Waals surface area (Å²) in [5, 5.41) is 4.19. The van der Waals surface area contributed by atoms with Gasteiger partial charge < -0.3 is 4.74 Å². The van der Waals surface area contributed by atoms with Crippen molar-refractivity contribution in [3.05, 3.63) is 51.5 Å². The van der Waals surface area contributed by atoms with Gasteiger partial charge in [-0.05, 0) is 45.8 Å². The van der Waals surface area contributed by atoms with Crippen LogP contribution in [-0.2, 0) is 23.1 Å². The molecule has 6 nitrogen and oxygen atoms in total. The van der Waals surface area contributed by atoms with Crippen molar-refractivity contribution in [1.29, 1.82) is 0 Å². The van der Waals surface area contributed by atoms with E-state index < -0.39 is 22.7 Å². The molecule has 0 amide bonds. The normalized spacial score (nSPS) is 12.4. The van der Waals surface area contributed by atoms with Crippen LogP contribution in [0.3, 0.4) is 0 Å². The van der Waals surface area contributed by atoms with Crippen molar-refractivity contribution in [2.75, 3.05) is 17.7 Å². The van der Waals surface area contributed by atoms with Gasteiger partial charge in [0.2, 0.25) is 10.0 Å². The first-order chi connectivity index (χ1) is 13.9. The molecule has 0 fully saturated rings. The fourth-order valence-corrected chi connectivity index (χ4v) is 4.52. The van der Waals surface area contributed by atoms with Gasteiger partial charge in [0.1, 0.15) is 12.3 Å². The Hall–Kier alpha value is -1.98. The van der Waals surface area contributed by atoms with Crippen LogP contribution in [0, 0.1) is 0 Å². The molecule has 0 bridgehead atoms. The average Bonchev–Trinajstić information content (AvgIpc) is 3.00. The first-order valence-electron chi connectivity index (χ1n) is 8.42. The van der Waals surface area contributed by atoms with Gasteiger partial charge in [-0.3, -0.25) is 4.68 Å². The van der Waals surface area contributed by atoms with Gasteiger partial charge in [-0.15, -0.1) is 0 Å². The maximum Gasteiger partial charge on any atom is 0.408 e. The van der Waals surface area contributed by atoms with Crippen molar-refractivity contribution in [2.45, 2.75) is 19.3 Å². The van der Waals surface area contributed by atoms with Crippen molar-refractivity contribution >= 4 is 54.3 Å². The molecule has 0 radical (unpaired) electrons. The van der Waals surface area contributed by atoms with Gasteiger partial charge in [0.05, 0.1) is 35.8 Å². The molecule has 0 unspecified atom stereocenters. The van der Waals surface area contributed by atoms with Crippen LogP contribution in [0.4, 0.5) is 19.0 Å². The summed E-state index contributed by atoms with van der Waals surface area (Å²) in [6.07, 6.45) is -3.61. The quantitative estimate of drug-likeness (QED) is 0.454. The molecule has 0 spiro atoms. The van der Waals surface area contributed by atoms with E-state index >= 15 is 0 Å². The Bertz CT molecular complexity index is 1180. The third-order valence-electron chi connectivity index (χ3n) is 4.23. The number of benzene rings is 2. The molecule has 0 aliphatic carbocycles. The molecule has 0 saturated heterocycles. The molecular weight excluding hydrogens is 511 g/mol. The van der Waals surface area contributed by atoms with Crippen LogP contribution in [-0.4, -0.2) is 37.7 Å². The number of aromatic nitrogens is 2. The van der Waals surface area contributed by atoms with Crippen LogP contribution in [0.1, 0.15) is 5.56 Å². The molecule has 3 aromatic rings. The number of hydrogen-bond donors (Lipinski definition) is 0. The number of rotatable bonds is 6. The Morgan fingerprint density at radius 3 is 2.37 bits per heavy atom. The van der Waals surface area contributed by atoms with Crippen molar-refractivity contribution in [3.63, 3.8) is 0 Å². The second-order valence-corrected chi connectivity index (χ2v) is 9.64. The Morgan fingerprint density at radius 2 is 1.83 bits per heavy atom. The van der Waals surface area contributed by atoms with Crippen molar-refractivity contribution in [3.8, 4) is 5.75 Å². The molecule has 1 aromatic heterocycles. The molecule has 3 rings (SSSR count). The van der Waals surface area contributed by atoms with Crippen molar-refractivity contribution in [1.82, 2.24) is 9.78 Å². The summed E-state index contributed by atoms with van der Waals surface area (Å²) >= 11 is 9.48. The first kappa shape index (κ1) is 22.7. The van der Waals surface area contributed by atoms with E-state index in [1.165, 1.54) is 19.2 Å². The van der Waals surface area contributed by atoms with E-state index in [0.717, 1.165) is 10.6 Å². The Balaban J connectivity index is 2.20. The maximum absolute atomic E-state index is 13.1. The van der Waals surface area contributed by atoms with E-state index in [1.807, 2.05) is 0 Å². The monoisotopic (exact) mass is 525 g/mol. The third kappa shape index (κ3) is 4.84. The average molecular weight is 527 g/mol. The number of nitrogens with zero attached hydrogens (tertiary/aromatic N) is 3. The summed E-state index contributed by atoms with van der Waals surface area (Å²) in [4.78, 5) is 0. The number of alkyl halides is 3. The standard InChI is InChI=1S/C18H16BrClF3N3O3S/c1-29-12-5-3-11(4-6-12)9-26(30(2,27)28)17-15-14(20)8-7-13(19)16(15)25(24-17)10-18(21,22)23/h3-8H,9-10H2,1-2H3. The van der Waals surface area contributed by atoms with Gasteiger partial charge in [0.15, 0.2) is 5.82 Å². The number of anilines is 1. The zero-order valence-electron chi connectivity index (χ0n) is 15.7. The first-order valence-corrected chi connectivity index (χ1v) is 11.4. The molecule has 2 aromatic carbocycles.